The summed E-state index contributed by atoms with van der Waals surface area (Å²) >= 11 is 0. The lowest BCUT2D eigenvalue weighted by molar-refractivity contribution is 0.310. The Labute approximate surface area is 188 Å². The van der Waals surface area contributed by atoms with Gasteiger partial charge >= 0.3 is 0 Å². The van der Waals surface area contributed by atoms with Crippen molar-refractivity contribution in [1.82, 2.24) is 0 Å². The van der Waals surface area contributed by atoms with Crippen LogP contribution in [0.2, 0.25) is 0 Å². The second kappa shape index (κ2) is 14.7. The predicted octanol–water partition coefficient (Wildman–Crippen LogP) is 9.97. The number of benzene rings is 1. The van der Waals surface area contributed by atoms with Gasteiger partial charge in [-0.3, -0.25) is 0 Å². The van der Waals surface area contributed by atoms with Crippen LogP contribution in [0, 0.1) is 11.8 Å². The first-order valence-corrected chi connectivity index (χ1v) is 13.1. The van der Waals surface area contributed by atoms with Crippen molar-refractivity contribution in [2.75, 3.05) is 0 Å². The molecule has 0 nitrogen and oxygen atoms in total. The van der Waals surface area contributed by atoms with Gasteiger partial charge in [0.1, 0.15) is 0 Å². The van der Waals surface area contributed by atoms with E-state index in [1.54, 1.807) is 11.1 Å². The van der Waals surface area contributed by atoms with Gasteiger partial charge in [0, 0.05) is 0 Å². The fourth-order valence-electron chi connectivity index (χ4n) is 5.61. The lowest BCUT2D eigenvalue weighted by Gasteiger charge is -2.30. The minimum atomic E-state index is 0.814. The van der Waals surface area contributed by atoms with Crippen LogP contribution in [-0.2, 0) is 0 Å². The molecule has 30 heavy (non-hydrogen) atoms. The van der Waals surface area contributed by atoms with Crippen molar-refractivity contribution in [2.24, 2.45) is 11.8 Å². The van der Waals surface area contributed by atoms with Crippen molar-refractivity contribution in [2.45, 2.75) is 117 Å². The summed E-state index contributed by atoms with van der Waals surface area (Å²) in [7, 11) is 0. The second-order valence-corrected chi connectivity index (χ2v) is 9.39. The summed E-state index contributed by atoms with van der Waals surface area (Å²) in [5, 5.41) is 0. The molecule has 0 heteroatoms. The van der Waals surface area contributed by atoms with Crippen LogP contribution in [0.1, 0.15) is 128 Å². The highest BCUT2D eigenvalue weighted by molar-refractivity contribution is 5.28. The molecule has 2 fully saturated rings. The lowest BCUT2D eigenvalue weighted by atomic mass is 9.75. The first kappa shape index (κ1) is 25.0. The standard InChI is InChI=1S/C28H42.C2H6/c1-3-5-7-9-23-11-15-25(16-12-23)27-19-21-28(22-20-27)26-17-13-24(14-18-26)10-8-6-4-2;1-2/h3-6,19-26H,7-18H2,1-2H3;1-2H3/b5-3+,6-4+;. The molecule has 0 aromatic heterocycles. The maximum Gasteiger partial charge on any atom is -0.0162 e. The van der Waals surface area contributed by atoms with Gasteiger partial charge < -0.3 is 0 Å². The van der Waals surface area contributed by atoms with Crippen molar-refractivity contribution in [3.63, 3.8) is 0 Å². The van der Waals surface area contributed by atoms with Crippen molar-refractivity contribution in [1.29, 1.82) is 0 Å². The highest BCUT2D eigenvalue weighted by Gasteiger charge is 2.24. The monoisotopic (exact) mass is 408 g/mol. The summed E-state index contributed by atoms with van der Waals surface area (Å²) in [6, 6.07) is 9.88. The maximum atomic E-state index is 2.47. The first-order chi connectivity index (χ1) is 14.8. The summed E-state index contributed by atoms with van der Waals surface area (Å²) in [4.78, 5) is 0. The Hall–Kier alpha value is -1.30. The minimum absolute atomic E-state index is 0.814. The fraction of sp³-hybridized carbons (Fsp3) is 0.667. The molecule has 0 spiro atoms. The van der Waals surface area contributed by atoms with Gasteiger partial charge in [-0.05, 0) is 126 Å². The van der Waals surface area contributed by atoms with Crippen LogP contribution in [0.5, 0.6) is 0 Å². The minimum Gasteiger partial charge on any atom is -0.0917 e. The first-order valence-electron chi connectivity index (χ1n) is 13.1. The number of allylic oxidation sites excluding steroid dienone is 4. The molecule has 0 bridgehead atoms. The smallest absolute Gasteiger partial charge is 0.0162 e. The average molecular weight is 409 g/mol. The van der Waals surface area contributed by atoms with Crippen molar-refractivity contribution in [3.8, 4) is 0 Å². The van der Waals surface area contributed by atoms with Crippen molar-refractivity contribution in [3.05, 3.63) is 59.7 Å². The second-order valence-electron chi connectivity index (χ2n) is 9.39. The Bertz CT molecular complexity index is 534. The third-order valence-corrected chi connectivity index (χ3v) is 7.53. The molecule has 3 rings (SSSR count). The molecule has 2 aliphatic rings. The molecule has 1 aromatic carbocycles. The van der Waals surface area contributed by atoms with E-state index in [0.29, 0.717) is 0 Å². The van der Waals surface area contributed by atoms with Crippen LogP contribution in [0.4, 0.5) is 0 Å². The summed E-state index contributed by atoms with van der Waals surface area (Å²) in [5.41, 5.74) is 3.21. The van der Waals surface area contributed by atoms with E-state index in [0.717, 1.165) is 23.7 Å². The Kier molecular flexibility index (Phi) is 12.2. The van der Waals surface area contributed by atoms with Gasteiger partial charge in [0.2, 0.25) is 0 Å². The van der Waals surface area contributed by atoms with Crippen LogP contribution in [-0.4, -0.2) is 0 Å². The van der Waals surface area contributed by atoms with E-state index in [1.807, 2.05) is 13.8 Å². The van der Waals surface area contributed by atoms with E-state index >= 15 is 0 Å². The topological polar surface area (TPSA) is 0 Å². The molecule has 0 heterocycles. The van der Waals surface area contributed by atoms with E-state index in [9.17, 15) is 0 Å². The molecule has 0 saturated heterocycles. The lowest BCUT2D eigenvalue weighted by Crippen LogP contribution is -2.14. The number of rotatable bonds is 8. The zero-order valence-corrected chi connectivity index (χ0v) is 20.4. The Morgan fingerprint density at radius 1 is 0.600 bits per heavy atom. The Balaban J connectivity index is 0.00000155. The molecule has 168 valence electrons. The van der Waals surface area contributed by atoms with Crippen molar-refractivity contribution >= 4 is 0 Å². The molecular weight excluding hydrogens is 360 g/mol. The zero-order valence-electron chi connectivity index (χ0n) is 20.4. The quantitative estimate of drug-likeness (QED) is 0.375. The number of hydrogen-bond acceptors (Lipinski definition) is 0. The predicted molar refractivity (Wildman–Crippen MR) is 135 cm³/mol. The van der Waals surface area contributed by atoms with Gasteiger partial charge in [-0.15, -0.1) is 0 Å². The van der Waals surface area contributed by atoms with Crippen LogP contribution in [0.3, 0.4) is 0 Å². The van der Waals surface area contributed by atoms with Gasteiger partial charge in [-0.25, -0.2) is 0 Å². The van der Waals surface area contributed by atoms with Crippen LogP contribution in [0.15, 0.2) is 48.6 Å². The van der Waals surface area contributed by atoms with E-state index < -0.39 is 0 Å². The number of hydrogen-bond donors (Lipinski definition) is 0. The highest BCUT2D eigenvalue weighted by atomic mass is 14.3. The third kappa shape index (κ3) is 8.09. The van der Waals surface area contributed by atoms with Gasteiger partial charge in [-0.2, -0.15) is 0 Å². The van der Waals surface area contributed by atoms with Crippen LogP contribution >= 0.6 is 0 Å². The van der Waals surface area contributed by atoms with E-state index in [2.05, 4.69) is 62.4 Å². The fourth-order valence-corrected chi connectivity index (χ4v) is 5.61. The average Bonchev–Trinajstić information content (AvgIpc) is 2.82. The molecule has 1 aromatic rings. The molecule has 2 saturated carbocycles. The van der Waals surface area contributed by atoms with Gasteiger partial charge in [0.15, 0.2) is 0 Å². The van der Waals surface area contributed by atoms with Crippen LogP contribution in [0.25, 0.3) is 0 Å². The summed E-state index contributed by atoms with van der Waals surface area (Å²) < 4.78 is 0. The van der Waals surface area contributed by atoms with Gasteiger partial charge in [-0.1, -0.05) is 62.4 Å². The van der Waals surface area contributed by atoms with Crippen LogP contribution < -0.4 is 0 Å². The molecule has 2 aliphatic carbocycles. The molecule has 0 unspecified atom stereocenters. The SMILES string of the molecule is C/C=C/CCC1CCC(c2ccc(C3CCC(CC/C=C/C)CC3)cc2)CC1.CC. The van der Waals surface area contributed by atoms with Crippen molar-refractivity contribution < 1.29 is 0 Å². The molecule has 0 amide bonds. The summed E-state index contributed by atoms with van der Waals surface area (Å²) in [5.74, 6) is 3.56. The third-order valence-electron chi connectivity index (χ3n) is 7.53. The largest absolute Gasteiger partial charge is 0.0917 e. The van der Waals surface area contributed by atoms with E-state index in [1.165, 1.54) is 77.0 Å². The Morgan fingerprint density at radius 2 is 0.933 bits per heavy atom. The highest BCUT2D eigenvalue weighted by Crippen LogP contribution is 2.40. The Morgan fingerprint density at radius 3 is 1.23 bits per heavy atom. The molecular formula is C30H48. The van der Waals surface area contributed by atoms with E-state index in [4.69, 9.17) is 0 Å². The molecule has 0 N–H and O–H groups in total. The normalized spacial score (nSPS) is 27.2. The molecule has 0 aliphatic heterocycles. The van der Waals surface area contributed by atoms with Gasteiger partial charge in [0.25, 0.3) is 0 Å². The van der Waals surface area contributed by atoms with E-state index in [-0.39, 0.29) is 0 Å². The summed E-state index contributed by atoms with van der Waals surface area (Å²) in [6.07, 6.45) is 25.7. The molecule has 0 radical (unpaired) electrons. The van der Waals surface area contributed by atoms with Gasteiger partial charge in [0.05, 0.1) is 0 Å². The summed E-state index contributed by atoms with van der Waals surface area (Å²) in [6.45, 7) is 8.27. The molecule has 0 atom stereocenters. The zero-order chi connectivity index (χ0) is 21.6. The maximum absolute atomic E-state index is 2.47.